The van der Waals surface area contributed by atoms with Crippen LogP contribution >= 0.6 is 11.8 Å². The predicted molar refractivity (Wildman–Crippen MR) is 70.5 cm³/mol. The first kappa shape index (κ1) is 13.0. The van der Waals surface area contributed by atoms with Gasteiger partial charge in [0.1, 0.15) is 0 Å². The van der Waals surface area contributed by atoms with Gasteiger partial charge in [-0.2, -0.15) is 0 Å². The summed E-state index contributed by atoms with van der Waals surface area (Å²) in [5.41, 5.74) is 2.58. The van der Waals surface area contributed by atoms with E-state index in [-0.39, 0.29) is 0 Å². The Morgan fingerprint density at radius 2 is 1.83 bits per heavy atom. The molecule has 2 rings (SSSR count). The number of aliphatic hydroxyl groups excluding tert-OH is 1. The second-order valence-corrected chi connectivity index (χ2v) is 5.17. The van der Waals surface area contributed by atoms with Gasteiger partial charge in [0.15, 0.2) is 5.16 Å². The molecule has 0 spiro atoms. The fourth-order valence-electron chi connectivity index (χ4n) is 1.54. The second kappa shape index (κ2) is 5.46. The van der Waals surface area contributed by atoms with Gasteiger partial charge in [-0.3, -0.25) is 4.98 Å². The molecule has 1 N–H and O–H groups in total. The standard InChI is InChI=1S/C13H15N3OS/c1-8-6-9(2)16-13(15-8)18-11-4-5-12(10(3)17)14-7-11/h4-7,10,17H,1-3H3/t10-/m0/s1. The quantitative estimate of drug-likeness (QED) is 0.861. The fourth-order valence-corrected chi connectivity index (χ4v) is 2.38. The average molecular weight is 261 g/mol. The van der Waals surface area contributed by atoms with E-state index in [1.165, 1.54) is 11.8 Å². The van der Waals surface area contributed by atoms with Crippen LogP contribution in [0.25, 0.3) is 0 Å². The first-order valence-electron chi connectivity index (χ1n) is 5.69. The third-order valence-electron chi connectivity index (χ3n) is 2.36. The van der Waals surface area contributed by atoms with E-state index in [0.29, 0.717) is 5.69 Å². The van der Waals surface area contributed by atoms with E-state index in [9.17, 15) is 5.11 Å². The van der Waals surface area contributed by atoms with Gasteiger partial charge in [0.05, 0.1) is 11.8 Å². The molecule has 0 unspecified atom stereocenters. The minimum atomic E-state index is -0.540. The lowest BCUT2D eigenvalue weighted by Crippen LogP contribution is -1.95. The Balaban J connectivity index is 2.18. The van der Waals surface area contributed by atoms with Gasteiger partial charge < -0.3 is 5.11 Å². The summed E-state index contributed by atoms with van der Waals surface area (Å²) in [6.45, 7) is 5.60. The van der Waals surface area contributed by atoms with E-state index in [2.05, 4.69) is 15.0 Å². The highest BCUT2D eigenvalue weighted by Gasteiger charge is 2.05. The molecular formula is C13H15N3OS. The number of rotatable bonds is 3. The van der Waals surface area contributed by atoms with Gasteiger partial charge in [0.25, 0.3) is 0 Å². The molecule has 0 aliphatic carbocycles. The summed E-state index contributed by atoms with van der Waals surface area (Å²) in [6, 6.07) is 5.68. The van der Waals surface area contributed by atoms with Crippen LogP contribution in [0.3, 0.4) is 0 Å². The molecule has 2 aromatic rings. The lowest BCUT2D eigenvalue weighted by Gasteiger charge is -2.05. The maximum Gasteiger partial charge on any atom is 0.192 e. The van der Waals surface area contributed by atoms with Crippen molar-refractivity contribution in [3.05, 3.63) is 41.5 Å². The Labute approximate surface area is 111 Å². The normalized spacial score (nSPS) is 12.4. The van der Waals surface area contributed by atoms with Crippen molar-refractivity contribution in [2.45, 2.75) is 36.9 Å². The molecule has 0 saturated heterocycles. The maximum absolute atomic E-state index is 9.38. The molecule has 2 aromatic heterocycles. The van der Waals surface area contributed by atoms with Crippen LogP contribution in [0.2, 0.25) is 0 Å². The minimum Gasteiger partial charge on any atom is -0.387 e. The smallest absolute Gasteiger partial charge is 0.192 e. The monoisotopic (exact) mass is 261 g/mol. The highest BCUT2D eigenvalue weighted by molar-refractivity contribution is 7.99. The van der Waals surface area contributed by atoms with Gasteiger partial charge in [-0.1, -0.05) is 0 Å². The van der Waals surface area contributed by atoms with Crippen LogP contribution in [-0.4, -0.2) is 20.1 Å². The van der Waals surface area contributed by atoms with Crippen molar-refractivity contribution in [1.29, 1.82) is 0 Å². The Morgan fingerprint density at radius 1 is 1.17 bits per heavy atom. The van der Waals surface area contributed by atoms with Crippen LogP contribution in [0.15, 0.2) is 34.4 Å². The predicted octanol–water partition coefficient (Wildman–Crippen LogP) is 2.69. The summed E-state index contributed by atoms with van der Waals surface area (Å²) in [5, 5.41) is 10.1. The summed E-state index contributed by atoms with van der Waals surface area (Å²) in [4.78, 5) is 13.9. The zero-order valence-electron chi connectivity index (χ0n) is 10.6. The summed E-state index contributed by atoms with van der Waals surface area (Å²) >= 11 is 1.47. The Bertz CT molecular complexity index is 520. The Kier molecular flexibility index (Phi) is 3.93. The van der Waals surface area contributed by atoms with Crippen LogP contribution in [0.5, 0.6) is 0 Å². The number of hydrogen-bond acceptors (Lipinski definition) is 5. The van der Waals surface area contributed by atoms with Gasteiger partial charge in [0, 0.05) is 22.5 Å². The maximum atomic E-state index is 9.38. The fraction of sp³-hybridized carbons (Fsp3) is 0.308. The summed E-state index contributed by atoms with van der Waals surface area (Å²) in [6.07, 6.45) is 1.19. The van der Waals surface area contributed by atoms with E-state index in [0.717, 1.165) is 21.4 Å². The zero-order chi connectivity index (χ0) is 13.1. The lowest BCUT2D eigenvalue weighted by atomic mass is 10.2. The highest BCUT2D eigenvalue weighted by Crippen LogP contribution is 2.25. The largest absolute Gasteiger partial charge is 0.387 e. The first-order chi connectivity index (χ1) is 8.54. The molecule has 94 valence electrons. The van der Waals surface area contributed by atoms with E-state index < -0.39 is 6.10 Å². The van der Waals surface area contributed by atoms with Crippen molar-refractivity contribution in [3.63, 3.8) is 0 Å². The summed E-state index contributed by atoms with van der Waals surface area (Å²) in [5.74, 6) is 0. The van der Waals surface area contributed by atoms with Crippen molar-refractivity contribution in [2.75, 3.05) is 0 Å². The number of aryl methyl sites for hydroxylation is 2. The molecule has 0 aliphatic heterocycles. The number of hydrogen-bond donors (Lipinski definition) is 1. The molecule has 4 nitrogen and oxygen atoms in total. The van der Waals surface area contributed by atoms with E-state index in [1.807, 2.05) is 32.0 Å². The number of aromatic nitrogens is 3. The van der Waals surface area contributed by atoms with Crippen molar-refractivity contribution in [2.24, 2.45) is 0 Å². The third kappa shape index (κ3) is 3.27. The summed E-state index contributed by atoms with van der Waals surface area (Å²) < 4.78 is 0. The molecule has 18 heavy (non-hydrogen) atoms. The first-order valence-corrected chi connectivity index (χ1v) is 6.50. The summed E-state index contributed by atoms with van der Waals surface area (Å²) in [7, 11) is 0. The Hall–Kier alpha value is -1.46. The van der Waals surface area contributed by atoms with Gasteiger partial charge in [-0.05, 0) is 50.7 Å². The van der Waals surface area contributed by atoms with Crippen LogP contribution < -0.4 is 0 Å². The molecule has 0 saturated carbocycles. The molecular weight excluding hydrogens is 246 g/mol. The SMILES string of the molecule is Cc1cc(C)nc(Sc2ccc([C@H](C)O)nc2)n1. The molecule has 0 fully saturated rings. The minimum absolute atomic E-state index is 0.540. The van der Waals surface area contributed by atoms with Crippen LogP contribution in [0, 0.1) is 13.8 Å². The Morgan fingerprint density at radius 3 is 2.33 bits per heavy atom. The van der Waals surface area contributed by atoms with Crippen molar-refractivity contribution in [1.82, 2.24) is 15.0 Å². The molecule has 1 atom stereocenters. The molecule has 0 bridgehead atoms. The number of pyridine rings is 1. The molecule has 0 amide bonds. The van der Waals surface area contributed by atoms with Crippen molar-refractivity contribution >= 4 is 11.8 Å². The second-order valence-electron chi connectivity index (χ2n) is 4.13. The topological polar surface area (TPSA) is 58.9 Å². The van der Waals surface area contributed by atoms with Gasteiger partial charge in [-0.25, -0.2) is 9.97 Å². The lowest BCUT2D eigenvalue weighted by molar-refractivity contribution is 0.194. The van der Waals surface area contributed by atoms with E-state index >= 15 is 0 Å². The van der Waals surface area contributed by atoms with E-state index in [1.54, 1.807) is 13.1 Å². The van der Waals surface area contributed by atoms with Crippen molar-refractivity contribution in [3.8, 4) is 0 Å². The van der Waals surface area contributed by atoms with Crippen LogP contribution in [-0.2, 0) is 0 Å². The number of aliphatic hydroxyl groups is 1. The molecule has 0 aromatic carbocycles. The van der Waals surface area contributed by atoms with Gasteiger partial charge in [-0.15, -0.1) is 0 Å². The average Bonchev–Trinajstić information content (AvgIpc) is 2.28. The molecule has 2 heterocycles. The van der Waals surface area contributed by atoms with Crippen molar-refractivity contribution < 1.29 is 5.11 Å². The number of nitrogens with zero attached hydrogens (tertiary/aromatic N) is 3. The zero-order valence-corrected chi connectivity index (χ0v) is 11.4. The molecule has 0 radical (unpaired) electrons. The van der Waals surface area contributed by atoms with Crippen LogP contribution in [0.4, 0.5) is 0 Å². The van der Waals surface area contributed by atoms with Crippen LogP contribution in [0.1, 0.15) is 30.1 Å². The van der Waals surface area contributed by atoms with Gasteiger partial charge >= 0.3 is 0 Å². The van der Waals surface area contributed by atoms with Gasteiger partial charge in [0.2, 0.25) is 0 Å². The van der Waals surface area contributed by atoms with E-state index in [4.69, 9.17) is 0 Å². The molecule has 0 aliphatic rings. The highest BCUT2D eigenvalue weighted by atomic mass is 32.2. The molecule has 5 heteroatoms. The third-order valence-corrected chi connectivity index (χ3v) is 3.20.